The number of fused-ring (bicyclic) bond motifs is 1. The van der Waals surface area contributed by atoms with Gasteiger partial charge in [-0.25, -0.2) is 19.2 Å². The summed E-state index contributed by atoms with van der Waals surface area (Å²) in [6.45, 7) is 2.04. The molecule has 42 heavy (non-hydrogen) atoms. The molecule has 0 aliphatic rings. The summed E-state index contributed by atoms with van der Waals surface area (Å²) >= 11 is 6.18. The topological polar surface area (TPSA) is 119 Å². The SMILES string of the molecule is CCc1ccc(F)c(C(Nc2ccc3c(N)nccc3c2)c2nc(-c3cccc(Cl)c3)nn2C)c1.O=C(O)C(F)(F)F. The first-order chi connectivity index (χ1) is 19.9. The molecule has 1 atom stereocenters. The Labute approximate surface area is 242 Å². The number of hydrogen-bond acceptors (Lipinski definition) is 6. The van der Waals surface area contributed by atoms with Gasteiger partial charge in [-0.15, -0.1) is 0 Å². The Morgan fingerprint density at radius 3 is 2.52 bits per heavy atom. The monoisotopic (exact) mass is 600 g/mol. The van der Waals surface area contributed by atoms with Gasteiger partial charge in [-0.05, 0) is 59.8 Å². The summed E-state index contributed by atoms with van der Waals surface area (Å²) in [5, 5.41) is 17.6. The second kappa shape index (κ2) is 12.4. The van der Waals surface area contributed by atoms with Gasteiger partial charge in [-0.1, -0.05) is 42.8 Å². The maximum absolute atomic E-state index is 15.2. The Hall–Kier alpha value is -4.71. The van der Waals surface area contributed by atoms with Gasteiger partial charge in [0.15, 0.2) is 11.6 Å². The number of alkyl halides is 3. The molecule has 5 aromatic rings. The highest BCUT2D eigenvalue weighted by molar-refractivity contribution is 6.30. The average molecular weight is 601 g/mol. The predicted octanol–water partition coefficient (Wildman–Crippen LogP) is 6.80. The lowest BCUT2D eigenvalue weighted by Gasteiger charge is -2.21. The number of nitrogens with two attached hydrogens (primary N) is 1. The lowest BCUT2D eigenvalue weighted by molar-refractivity contribution is -0.192. The second-order valence-electron chi connectivity index (χ2n) is 9.15. The molecule has 5 rings (SSSR count). The Kier molecular flexibility index (Phi) is 8.96. The quantitative estimate of drug-likeness (QED) is 0.183. The number of rotatable bonds is 6. The van der Waals surface area contributed by atoms with E-state index in [-0.39, 0.29) is 5.82 Å². The minimum absolute atomic E-state index is 0.318. The van der Waals surface area contributed by atoms with Gasteiger partial charge in [-0.3, -0.25) is 4.68 Å². The van der Waals surface area contributed by atoms with Crippen molar-refractivity contribution >= 4 is 39.8 Å². The molecule has 0 saturated heterocycles. The molecule has 3 aromatic carbocycles. The summed E-state index contributed by atoms with van der Waals surface area (Å²) in [7, 11) is 1.80. The molecule has 0 radical (unpaired) electrons. The Balaban J connectivity index is 0.000000517. The lowest BCUT2D eigenvalue weighted by atomic mass is 10.0. The Bertz CT molecular complexity index is 1740. The van der Waals surface area contributed by atoms with Gasteiger partial charge in [0.1, 0.15) is 17.7 Å². The number of nitrogens with zero attached hydrogens (tertiary/aromatic N) is 4. The van der Waals surface area contributed by atoms with Crippen molar-refractivity contribution in [2.45, 2.75) is 25.6 Å². The second-order valence-corrected chi connectivity index (χ2v) is 9.59. The zero-order chi connectivity index (χ0) is 30.6. The lowest BCUT2D eigenvalue weighted by Crippen LogP contribution is -2.21. The van der Waals surface area contributed by atoms with Crippen LogP contribution in [0.1, 0.15) is 29.9 Å². The highest BCUT2D eigenvalue weighted by Gasteiger charge is 2.38. The van der Waals surface area contributed by atoms with Gasteiger partial charge >= 0.3 is 12.1 Å². The molecule has 8 nitrogen and oxygen atoms in total. The van der Waals surface area contributed by atoms with Crippen molar-refractivity contribution in [3.63, 3.8) is 0 Å². The van der Waals surface area contributed by atoms with Crippen LogP contribution >= 0.6 is 11.6 Å². The number of benzene rings is 3. The first-order valence-electron chi connectivity index (χ1n) is 12.5. The smallest absolute Gasteiger partial charge is 0.475 e. The number of nitrogens with one attached hydrogen (secondary N) is 1. The molecule has 0 saturated carbocycles. The molecule has 0 amide bonds. The fourth-order valence-electron chi connectivity index (χ4n) is 4.17. The normalized spacial score (nSPS) is 12.0. The molecule has 0 aliphatic carbocycles. The minimum Gasteiger partial charge on any atom is -0.475 e. The molecule has 2 heterocycles. The number of hydrogen-bond donors (Lipinski definition) is 3. The molecule has 0 aliphatic heterocycles. The summed E-state index contributed by atoms with van der Waals surface area (Å²) in [6, 6.07) is 19.6. The van der Waals surface area contributed by atoms with E-state index in [0.717, 1.165) is 34.0 Å². The molecule has 2 aromatic heterocycles. The van der Waals surface area contributed by atoms with Crippen molar-refractivity contribution in [1.29, 1.82) is 0 Å². The van der Waals surface area contributed by atoms with Gasteiger partial charge in [0.25, 0.3) is 0 Å². The van der Waals surface area contributed by atoms with Gasteiger partial charge in [0.2, 0.25) is 0 Å². The van der Waals surface area contributed by atoms with Crippen molar-refractivity contribution in [3.8, 4) is 11.4 Å². The van der Waals surface area contributed by atoms with Crippen LogP contribution < -0.4 is 11.1 Å². The van der Waals surface area contributed by atoms with Gasteiger partial charge in [0, 0.05) is 40.5 Å². The zero-order valence-electron chi connectivity index (χ0n) is 22.3. The number of carboxylic acids is 1. The number of carboxylic acid groups (broad SMARTS) is 1. The maximum Gasteiger partial charge on any atom is 0.490 e. The Morgan fingerprint density at radius 2 is 1.86 bits per heavy atom. The van der Waals surface area contributed by atoms with Crippen molar-refractivity contribution in [3.05, 3.63) is 101 Å². The van der Waals surface area contributed by atoms with Crippen molar-refractivity contribution < 1.29 is 27.5 Å². The number of pyridine rings is 1. The summed E-state index contributed by atoms with van der Waals surface area (Å²) in [5.41, 5.74) is 9.12. The summed E-state index contributed by atoms with van der Waals surface area (Å²) < 4.78 is 48.6. The zero-order valence-corrected chi connectivity index (χ0v) is 23.1. The number of anilines is 2. The van der Waals surface area contributed by atoms with Crippen LogP contribution in [0, 0.1) is 5.82 Å². The summed E-state index contributed by atoms with van der Waals surface area (Å²) in [4.78, 5) is 17.8. The van der Waals surface area contributed by atoms with Gasteiger partial charge in [0.05, 0.1) is 0 Å². The molecule has 0 bridgehead atoms. The van der Waals surface area contributed by atoms with E-state index >= 15 is 4.39 Å². The van der Waals surface area contributed by atoms with Crippen LogP contribution in [0.15, 0.2) is 72.9 Å². The predicted molar refractivity (Wildman–Crippen MR) is 153 cm³/mol. The highest BCUT2D eigenvalue weighted by Crippen LogP contribution is 2.32. The van der Waals surface area contributed by atoms with E-state index in [0.29, 0.717) is 28.1 Å². The van der Waals surface area contributed by atoms with Gasteiger partial charge < -0.3 is 16.2 Å². The minimum atomic E-state index is -5.08. The van der Waals surface area contributed by atoms with Crippen LogP contribution in [0.3, 0.4) is 0 Å². The fourth-order valence-corrected chi connectivity index (χ4v) is 4.36. The summed E-state index contributed by atoms with van der Waals surface area (Å²) in [6.07, 6.45) is -2.63. The van der Waals surface area contributed by atoms with Crippen molar-refractivity contribution in [2.75, 3.05) is 11.1 Å². The van der Waals surface area contributed by atoms with E-state index < -0.39 is 18.2 Å². The van der Waals surface area contributed by atoms with E-state index in [2.05, 4.69) is 15.4 Å². The number of aryl methyl sites for hydroxylation is 2. The standard InChI is InChI=1S/C27H24ClFN6.C2HF3O2/c1-3-16-7-10-23(29)22(13-16)24(32-20-8-9-21-17(15-20)11-12-31-25(21)30)27-33-26(34-35(27)2)18-5-4-6-19(28)14-18;3-2(4,5)1(6)7/h4-15,24,32H,3H2,1-2H3,(H2,30,31);(H,6,7). The number of carbonyl (C=O) groups is 1. The van der Waals surface area contributed by atoms with Crippen LogP contribution in [0.2, 0.25) is 5.02 Å². The molecule has 1 unspecified atom stereocenters. The molecule has 4 N–H and O–H groups in total. The van der Waals surface area contributed by atoms with Crippen molar-refractivity contribution in [2.24, 2.45) is 7.05 Å². The van der Waals surface area contributed by atoms with Crippen molar-refractivity contribution in [1.82, 2.24) is 19.7 Å². The van der Waals surface area contributed by atoms with E-state index in [1.807, 2.05) is 55.5 Å². The number of aliphatic carboxylic acids is 1. The highest BCUT2D eigenvalue weighted by atomic mass is 35.5. The molecular weight excluding hydrogens is 576 g/mol. The first kappa shape index (κ1) is 30.3. The molecular formula is C29H25ClF4N6O2. The maximum atomic E-state index is 15.2. The molecule has 218 valence electrons. The Morgan fingerprint density at radius 1 is 1.12 bits per heavy atom. The molecule has 0 fully saturated rings. The summed E-state index contributed by atoms with van der Waals surface area (Å²) in [5.74, 6) is -1.52. The molecule has 13 heteroatoms. The van der Waals surface area contributed by atoms with Crippen LogP contribution in [0.25, 0.3) is 22.2 Å². The van der Waals surface area contributed by atoms with Crippen LogP contribution in [0.5, 0.6) is 0 Å². The third kappa shape index (κ3) is 6.95. The van der Waals surface area contributed by atoms with Crippen LogP contribution in [-0.4, -0.2) is 37.0 Å². The number of nitrogen functional groups attached to an aromatic ring is 1. The van der Waals surface area contributed by atoms with E-state index in [1.165, 1.54) is 6.07 Å². The van der Waals surface area contributed by atoms with Gasteiger partial charge in [-0.2, -0.15) is 18.3 Å². The number of aromatic nitrogens is 4. The first-order valence-corrected chi connectivity index (χ1v) is 12.9. The fraction of sp³-hybridized carbons (Fsp3) is 0.172. The van der Waals surface area contributed by atoms with E-state index in [9.17, 15) is 13.2 Å². The van der Waals surface area contributed by atoms with Crippen LogP contribution in [0.4, 0.5) is 29.1 Å². The van der Waals surface area contributed by atoms with E-state index in [4.69, 9.17) is 32.2 Å². The van der Waals surface area contributed by atoms with Crippen LogP contribution in [-0.2, 0) is 18.3 Å². The third-order valence-electron chi connectivity index (χ3n) is 6.27. The third-order valence-corrected chi connectivity index (χ3v) is 6.50. The molecule has 0 spiro atoms. The largest absolute Gasteiger partial charge is 0.490 e. The average Bonchev–Trinajstić information content (AvgIpc) is 3.33. The van der Waals surface area contributed by atoms with E-state index in [1.54, 1.807) is 30.1 Å². The number of halogens is 5.